The van der Waals surface area contributed by atoms with Gasteiger partial charge in [-0.25, -0.2) is 9.97 Å². The Hall–Kier alpha value is -3.86. The quantitative estimate of drug-likeness (QED) is 0.417. The van der Waals surface area contributed by atoms with Crippen molar-refractivity contribution in [2.24, 2.45) is 0 Å². The summed E-state index contributed by atoms with van der Waals surface area (Å²) in [6, 6.07) is 22.1. The number of carbonyl (C=O) groups excluding carboxylic acids is 1. The molecular weight excluding hydrogens is 396 g/mol. The van der Waals surface area contributed by atoms with Gasteiger partial charge in [0.15, 0.2) is 5.82 Å². The molecule has 0 fully saturated rings. The fraction of sp³-hybridized carbons (Fsp3) is 0.185. The van der Waals surface area contributed by atoms with Gasteiger partial charge in [-0.15, -0.1) is 0 Å². The number of hydrogen-bond acceptors (Lipinski definition) is 4. The second kappa shape index (κ2) is 9.96. The first kappa shape index (κ1) is 21.4. The molecule has 2 aromatic heterocycles. The van der Waals surface area contributed by atoms with E-state index < -0.39 is 0 Å². The Morgan fingerprint density at radius 2 is 1.72 bits per heavy atom. The van der Waals surface area contributed by atoms with Crippen LogP contribution < -0.4 is 5.32 Å². The van der Waals surface area contributed by atoms with Crippen molar-refractivity contribution in [2.45, 2.75) is 26.7 Å². The van der Waals surface area contributed by atoms with Gasteiger partial charge in [0.1, 0.15) is 0 Å². The number of amides is 1. The van der Waals surface area contributed by atoms with Gasteiger partial charge in [0.25, 0.3) is 5.91 Å². The van der Waals surface area contributed by atoms with Crippen LogP contribution in [0.4, 0.5) is 0 Å². The van der Waals surface area contributed by atoms with E-state index in [1.807, 2.05) is 68.4 Å². The number of aromatic nitrogens is 3. The highest BCUT2D eigenvalue weighted by molar-refractivity contribution is 6.01. The van der Waals surface area contributed by atoms with Crippen LogP contribution in [0.1, 0.15) is 33.6 Å². The normalized spacial score (nSPS) is 10.7. The van der Waals surface area contributed by atoms with Crippen LogP contribution in [0.25, 0.3) is 22.6 Å². The molecular formula is C27H26N4O. The molecule has 1 amide bonds. The van der Waals surface area contributed by atoms with E-state index in [0.717, 1.165) is 29.5 Å². The van der Waals surface area contributed by atoms with Gasteiger partial charge in [0.2, 0.25) is 0 Å². The van der Waals surface area contributed by atoms with Crippen LogP contribution in [-0.2, 0) is 6.42 Å². The molecule has 4 aromatic rings. The summed E-state index contributed by atoms with van der Waals surface area (Å²) in [5.41, 5.74) is 5.90. The van der Waals surface area contributed by atoms with Gasteiger partial charge in [-0.2, -0.15) is 0 Å². The Balaban J connectivity index is 1.62. The van der Waals surface area contributed by atoms with E-state index in [-0.39, 0.29) is 5.91 Å². The summed E-state index contributed by atoms with van der Waals surface area (Å²) >= 11 is 0. The van der Waals surface area contributed by atoms with Crippen LogP contribution in [0, 0.1) is 13.8 Å². The number of pyridine rings is 1. The average Bonchev–Trinajstić information content (AvgIpc) is 2.82. The molecule has 0 unspecified atom stereocenters. The molecule has 32 heavy (non-hydrogen) atoms. The minimum atomic E-state index is -0.148. The number of rotatable bonds is 7. The van der Waals surface area contributed by atoms with Gasteiger partial charge in [0, 0.05) is 30.1 Å². The smallest absolute Gasteiger partial charge is 0.255 e. The van der Waals surface area contributed by atoms with Gasteiger partial charge in [-0.3, -0.25) is 9.78 Å². The zero-order valence-corrected chi connectivity index (χ0v) is 18.4. The summed E-state index contributed by atoms with van der Waals surface area (Å²) in [7, 11) is 0. The van der Waals surface area contributed by atoms with E-state index in [9.17, 15) is 4.79 Å². The second-order valence-corrected chi connectivity index (χ2v) is 7.81. The summed E-state index contributed by atoms with van der Waals surface area (Å²) < 4.78 is 0. The van der Waals surface area contributed by atoms with Gasteiger partial charge in [-0.1, -0.05) is 54.1 Å². The largest absolute Gasteiger partial charge is 0.352 e. The average molecular weight is 423 g/mol. The molecule has 0 aliphatic rings. The van der Waals surface area contributed by atoms with Crippen molar-refractivity contribution in [2.75, 3.05) is 6.54 Å². The minimum absolute atomic E-state index is 0.148. The number of nitrogens with one attached hydrogen (secondary N) is 1. The Labute approximate surface area is 188 Å². The SMILES string of the molecule is Cc1cccc(-c2nc(-c3cccnc3)nc(C)c2C(=O)NCCCc2ccccc2)c1. The first-order valence-corrected chi connectivity index (χ1v) is 10.8. The molecule has 2 aromatic carbocycles. The lowest BCUT2D eigenvalue weighted by Crippen LogP contribution is -2.27. The van der Waals surface area contributed by atoms with Crippen LogP contribution in [0.5, 0.6) is 0 Å². The van der Waals surface area contributed by atoms with Crippen LogP contribution in [-0.4, -0.2) is 27.4 Å². The molecule has 0 aliphatic heterocycles. The fourth-order valence-corrected chi connectivity index (χ4v) is 3.70. The monoisotopic (exact) mass is 422 g/mol. The predicted octanol–water partition coefficient (Wildman–Crippen LogP) is 5.19. The Bertz CT molecular complexity index is 1210. The lowest BCUT2D eigenvalue weighted by molar-refractivity contribution is 0.0952. The number of benzene rings is 2. The Morgan fingerprint density at radius 3 is 2.47 bits per heavy atom. The molecule has 0 saturated heterocycles. The summed E-state index contributed by atoms with van der Waals surface area (Å²) in [4.78, 5) is 26.8. The van der Waals surface area contributed by atoms with Crippen molar-refractivity contribution < 1.29 is 4.79 Å². The van der Waals surface area contributed by atoms with E-state index in [1.54, 1.807) is 12.4 Å². The molecule has 5 nitrogen and oxygen atoms in total. The maximum atomic E-state index is 13.2. The third kappa shape index (κ3) is 5.06. The van der Waals surface area contributed by atoms with Crippen molar-refractivity contribution >= 4 is 5.91 Å². The van der Waals surface area contributed by atoms with E-state index in [4.69, 9.17) is 4.98 Å². The van der Waals surface area contributed by atoms with Gasteiger partial charge < -0.3 is 5.32 Å². The molecule has 0 aliphatic carbocycles. The molecule has 160 valence electrons. The maximum Gasteiger partial charge on any atom is 0.255 e. The van der Waals surface area contributed by atoms with Crippen molar-refractivity contribution in [3.63, 3.8) is 0 Å². The standard InChI is InChI=1S/C27H26N4O/c1-19-9-6-13-22(17-19)25-24(20(2)30-26(31-25)23-14-8-15-28-18-23)27(32)29-16-7-12-21-10-4-3-5-11-21/h3-6,8-11,13-15,17-18H,7,12,16H2,1-2H3,(H,29,32). The molecule has 5 heteroatoms. The summed E-state index contributed by atoms with van der Waals surface area (Å²) in [5.74, 6) is 0.414. The minimum Gasteiger partial charge on any atom is -0.352 e. The fourth-order valence-electron chi connectivity index (χ4n) is 3.70. The predicted molar refractivity (Wildman–Crippen MR) is 127 cm³/mol. The molecule has 0 saturated carbocycles. The van der Waals surface area contributed by atoms with Crippen molar-refractivity contribution in [1.82, 2.24) is 20.3 Å². The van der Waals surface area contributed by atoms with Crippen LogP contribution in [0.2, 0.25) is 0 Å². The zero-order chi connectivity index (χ0) is 22.3. The summed E-state index contributed by atoms with van der Waals surface area (Å²) in [6.07, 6.45) is 5.23. The van der Waals surface area contributed by atoms with Gasteiger partial charge in [0.05, 0.1) is 17.0 Å². The van der Waals surface area contributed by atoms with Crippen LogP contribution >= 0.6 is 0 Å². The molecule has 2 heterocycles. The van der Waals surface area contributed by atoms with Crippen molar-refractivity contribution in [1.29, 1.82) is 0 Å². The molecule has 0 spiro atoms. The van der Waals surface area contributed by atoms with E-state index in [1.165, 1.54) is 5.56 Å². The summed E-state index contributed by atoms with van der Waals surface area (Å²) in [5, 5.41) is 3.06. The second-order valence-electron chi connectivity index (χ2n) is 7.81. The molecule has 1 N–H and O–H groups in total. The van der Waals surface area contributed by atoms with Crippen molar-refractivity contribution in [3.05, 3.63) is 102 Å². The van der Waals surface area contributed by atoms with Crippen LogP contribution in [0.15, 0.2) is 79.1 Å². The Morgan fingerprint density at radius 1 is 0.906 bits per heavy atom. The first-order chi connectivity index (χ1) is 15.6. The zero-order valence-electron chi connectivity index (χ0n) is 18.4. The highest BCUT2D eigenvalue weighted by atomic mass is 16.1. The van der Waals surface area contributed by atoms with Gasteiger partial charge >= 0.3 is 0 Å². The van der Waals surface area contributed by atoms with Gasteiger partial charge in [-0.05, 0) is 50.5 Å². The van der Waals surface area contributed by atoms with E-state index in [0.29, 0.717) is 29.3 Å². The highest BCUT2D eigenvalue weighted by Crippen LogP contribution is 2.27. The van der Waals surface area contributed by atoms with E-state index in [2.05, 4.69) is 27.4 Å². The van der Waals surface area contributed by atoms with Crippen LogP contribution in [0.3, 0.4) is 0 Å². The third-order valence-electron chi connectivity index (χ3n) is 5.30. The third-order valence-corrected chi connectivity index (χ3v) is 5.30. The lowest BCUT2D eigenvalue weighted by atomic mass is 10.0. The molecule has 0 atom stereocenters. The van der Waals surface area contributed by atoms with E-state index >= 15 is 0 Å². The number of aryl methyl sites for hydroxylation is 3. The maximum absolute atomic E-state index is 13.2. The number of carbonyl (C=O) groups is 1. The molecule has 0 radical (unpaired) electrons. The lowest BCUT2D eigenvalue weighted by Gasteiger charge is -2.14. The Kier molecular flexibility index (Phi) is 6.66. The van der Waals surface area contributed by atoms with Crippen molar-refractivity contribution in [3.8, 4) is 22.6 Å². The first-order valence-electron chi connectivity index (χ1n) is 10.8. The molecule has 4 rings (SSSR count). The number of hydrogen-bond donors (Lipinski definition) is 1. The molecule has 0 bridgehead atoms. The summed E-state index contributed by atoms with van der Waals surface area (Å²) in [6.45, 7) is 4.48. The number of nitrogens with zero attached hydrogens (tertiary/aromatic N) is 3. The highest BCUT2D eigenvalue weighted by Gasteiger charge is 2.20. The topological polar surface area (TPSA) is 67.8 Å².